The minimum atomic E-state index is -0.169. The molecular formula is C16H19NO2. The quantitative estimate of drug-likeness (QED) is 0.809. The standard InChI is InChI=1S/C16H19NO2/c1-12-14(5-3-11-18)4-2-6-15(12)16(19)17-10-9-13-7-8-13/h2,4,6,13,18H,7-11H2,1H3,(H,17,19). The molecule has 3 heteroatoms. The van der Waals surface area contributed by atoms with E-state index in [2.05, 4.69) is 17.2 Å². The van der Waals surface area contributed by atoms with E-state index in [9.17, 15) is 4.79 Å². The highest BCUT2D eigenvalue weighted by atomic mass is 16.2. The molecule has 0 unspecified atom stereocenters. The molecule has 1 amide bonds. The van der Waals surface area contributed by atoms with Crippen LogP contribution in [0.25, 0.3) is 0 Å². The number of aliphatic hydroxyl groups is 1. The van der Waals surface area contributed by atoms with Crippen molar-refractivity contribution in [2.24, 2.45) is 5.92 Å². The smallest absolute Gasteiger partial charge is 0.251 e. The molecule has 0 atom stereocenters. The van der Waals surface area contributed by atoms with Gasteiger partial charge < -0.3 is 10.4 Å². The van der Waals surface area contributed by atoms with Gasteiger partial charge in [0.2, 0.25) is 0 Å². The van der Waals surface area contributed by atoms with Gasteiger partial charge in [0.05, 0.1) is 0 Å². The lowest BCUT2D eigenvalue weighted by molar-refractivity contribution is 0.0952. The van der Waals surface area contributed by atoms with Gasteiger partial charge in [-0.05, 0) is 37.0 Å². The third-order valence-corrected chi connectivity index (χ3v) is 3.42. The van der Waals surface area contributed by atoms with Crippen molar-refractivity contribution < 1.29 is 9.90 Å². The van der Waals surface area contributed by atoms with Crippen LogP contribution in [-0.4, -0.2) is 24.2 Å². The Morgan fingerprint density at radius 2 is 2.26 bits per heavy atom. The van der Waals surface area contributed by atoms with Crippen molar-refractivity contribution in [1.29, 1.82) is 0 Å². The van der Waals surface area contributed by atoms with E-state index in [1.807, 2.05) is 25.1 Å². The molecule has 1 aliphatic carbocycles. The number of hydrogen-bond donors (Lipinski definition) is 2. The van der Waals surface area contributed by atoms with E-state index in [1.54, 1.807) is 0 Å². The molecule has 0 heterocycles. The highest BCUT2D eigenvalue weighted by Crippen LogP contribution is 2.31. The Morgan fingerprint density at radius 1 is 1.47 bits per heavy atom. The van der Waals surface area contributed by atoms with Gasteiger partial charge in [0.25, 0.3) is 5.91 Å². The summed E-state index contributed by atoms with van der Waals surface area (Å²) in [5.41, 5.74) is 2.33. The van der Waals surface area contributed by atoms with E-state index in [0.717, 1.165) is 30.0 Å². The lowest BCUT2D eigenvalue weighted by Gasteiger charge is -2.08. The van der Waals surface area contributed by atoms with Gasteiger partial charge >= 0.3 is 0 Å². The molecule has 2 rings (SSSR count). The van der Waals surface area contributed by atoms with Crippen LogP contribution < -0.4 is 5.32 Å². The monoisotopic (exact) mass is 257 g/mol. The topological polar surface area (TPSA) is 49.3 Å². The predicted octanol–water partition coefficient (Wildman–Crippen LogP) is 1.87. The summed E-state index contributed by atoms with van der Waals surface area (Å²) < 4.78 is 0. The maximum atomic E-state index is 12.1. The van der Waals surface area contributed by atoms with Gasteiger partial charge in [0, 0.05) is 17.7 Å². The van der Waals surface area contributed by atoms with Gasteiger partial charge in [-0.15, -0.1) is 0 Å². The van der Waals surface area contributed by atoms with Crippen molar-refractivity contribution in [1.82, 2.24) is 5.32 Å². The summed E-state index contributed by atoms with van der Waals surface area (Å²) in [7, 11) is 0. The summed E-state index contributed by atoms with van der Waals surface area (Å²) in [6.45, 7) is 2.46. The first-order chi connectivity index (χ1) is 9.22. The van der Waals surface area contributed by atoms with E-state index in [1.165, 1.54) is 12.8 Å². The number of aliphatic hydroxyl groups excluding tert-OH is 1. The van der Waals surface area contributed by atoms with Gasteiger partial charge in [-0.1, -0.05) is 30.7 Å². The zero-order chi connectivity index (χ0) is 13.7. The zero-order valence-corrected chi connectivity index (χ0v) is 11.2. The van der Waals surface area contributed by atoms with E-state index in [0.29, 0.717) is 5.56 Å². The second-order valence-corrected chi connectivity index (χ2v) is 4.93. The Balaban J connectivity index is 2.03. The molecule has 1 aliphatic rings. The van der Waals surface area contributed by atoms with Crippen LogP contribution in [-0.2, 0) is 0 Å². The molecule has 0 spiro atoms. The molecule has 0 saturated heterocycles. The van der Waals surface area contributed by atoms with E-state index in [4.69, 9.17) is 5.11 Å². The number of rotatable bonds is 4. The summed E-state index contributed by atoms with van der Waals surface area (Å²) >= 11 is 0. The molecular weight excluding hydrogens is 238 g/mol. The number of amides is 1. The lowest BCUT2D eigenvalue weighted by atomic mass is 10.0. The van der Waals surface area contributed by atoms with Crippen LogP contribution in [0.15, 0.2) is 18.2 Å². The Hall–Kier alpha value is -1.79. The summed E-state index contributed by atoms with van der Waals surface area (Å²) in [4.78, 5) is 12.1. The van der Waals surface area contributed by atoms with E-state index in [-0.39, 0.29) is 12.5 Å². The van der Waals surface area contributed by atoms with E-state index >= 15 is 0 Å². The number of benzene rings is 1. The summed E-state index contributed by atoms with van der Waals surface area (Å²) in [6.07, 6.45) is 3.69. The van der Waals surface area contributed by atoms with Crippen molar-refractivity contribution >= 4 is 5.91 Å². The lowest BCUT2D eigenvalue weighted by Crippen LogP contribution is -2.25. The number of hydrogen-bond acceptors (Lipinski definition) is 2. The third-order valence-electron chi connectivity index (χ3n) is 3.42. The van der Waals surface area contributed by atoms with Crippen LogP contribution in [0.4, 0.5) is 0 Å². The minimum Gasteiger partial charge on any atom is -0.384 e. The second kappa shape index (κ2) is 6.40. The average Bonchev–Trinajstić information content (AvgIpc) is 3.21. The fraction of sp³-hybridized carbons (Fsp3) is 0.438. The zero-order valence-electron chi connectivity index (χ0n) is 11.2. The molecule has 0 bridgehead atoms. The van der Waals surface area contributed by atoms with Gasteiger partial charge in [-0.2, -0.15) is 0 Å². The first-order valence-corrected chi connectivity index (χ1v) is 6.70. The summed E-state index contributed by atoms with van der Waals surface area (Å²) in [5, 5.41) is 11.7. The van der Waals surface area contributed by atoms with Crippen LogP contribution in [0.2, 0.25) is 0 Å². The maximum Gasteiger partial charge on any atom is 0.251 e. The summed E-state index contributed by atoms with van der Waals surface area (Å²) in [5.74, 6) is 6.26. The molecule has 0 radical (unpaired) electrons. The normalized spacial score (nSPS) is 13.6. The average molecular weight is 257 g/mol. The van der Waals surface area contributed by atoms with E-state index < -0.39 is 0 Å². The minimum absolute atomic E-state index is 0.0363. The van der Waals surface area contributed by atoms with Crippen LogP contribution in [0.3, 0.4) is 0 Å². The predicted molar refractivity (Wildman–Crippen MR) is 74.8 cm³/mol. The Morgan fingerprint density at radius 3 is 2.95 bits per heavy atom. The second-order valence-electron chi connectivity index (χ2n) is 4.93. The summed E-state index contributed by atoms with van der Waals surface area (Å²) in [6, 6.07) is 5.50. The highest BCUT2D eigenvalue weighted by Gasteiger charge is 2.20. The number of carbonyl (C=O) groups is 1. The van der Waals surface area contributed by atoms with Crippen molar-refractivity contribution in [3.8, 4) is 11.8 Å². The SMILES string of the molecule is Cc1c(C#CCO)cccc1C(=O)NCCC1CC1. The fourth-order valence-corrected chi connectivity index (χ4v) is 2.04. The molecule has 1 aromatic rings. The molecule has 0 aliphatic heterocycles. The molecule has 100 valence electrons. The van der Waals surface area contributed by atoms with Crippen LogP contribution in [0.5, 0.6) is 0 Å². The highest BCUT2D eigenvalue weighted by molar-refractivity contribution is 5.96. The molecule has 3 nitrogen and oxygen atoms in total. The molecule has 0 aromatic heterocycles. The van der Waals surface area contributed by atoms with Crippen LogP contribution in [0.1, 0.15) is 40.7 Å². The third kappa shape index (κ3) is 3.84. The van der Waals surface area contributed by atoms with Gasteiger partial charge in [0.15, 0.2) is 0 Å². The van der Waals surface area contributed by atoms with Crippen LogP contribution in [0, 0.1) is 24.7 Å². The van der Waals surface area contributed by atoms with Crippen molar-refractivity contribution in [3.05, 3.63) is 34.9 Å². The van der Waals surface area contributed by atoms with Gasteiger partial charge in [-0.3, -0.25) is 4.79 Å². The van der Waals surface area contributed by atoms with Crippen molar-refractivity contribution in [2.45, 2.75) is 26.2 Å². The number of nitrogens with one attached hydrogen (secondary N) is 1. The largest absolute Gasteiger partial charge is 0.384 e. The Labute approximate surface area is 114 Å². The maximum absolute atomic E-state index is 12.1. The Kier molecular flexibility index (Phi) is 4.59. The molecule has 1 aromatic carbocycles. The molecule has 1 fully saturated rings. The van der Waals surface area contributed by atoms with Crippen LogP contribution >= 0.6 is 0 Å². The first kappa shape index (κ1) is 13.6. The Bertz CT molecular complexity index is 521. The van der Waals surface area contributed by atoms with Gasteiger partial charge in [0.1, 0.15) is 6.61 Å². The first-order valence-electron chi connectivity index (χ1n) is 6.70. The fourth-order valence-electron chi connectivity index (χ4n) is 2.04. The molecule has 1 saturated carbocycles. The molecule has 2 N–H and O–H groups in total. The molecule has 19 heavy (non-hydrogen) atoms. The van der Waals surface area contributed by atoms with Crippen molar-refractivity contribution in [2.75, 3.05) is 13.2 Å². The van der Waals surface area contributed by atoms with Gasteiger partial charge in [-0.25, -0.2) is 0 Å². The number of carbonyl (C=O) groups excluding carboxylic acids is 1. The van der Waals surface area contributed by atoms with Crippen molar-refractivity contribution in [3.63, 3.8) is 0 Å².